The topological polar surface area (TPSA) is 24.5 Å². The number of fused-ring (bicyclic) bond motifs is 3. The number of aryl methyl sites for hydroxylation is 1. The first-order chi connectivity index (χ1) is 7.83. The second-order valence-electron chi connectivity index (χ2n) is 4.63. The van der Waals surface area contributed by atoms with E-state index in [0.717, 1.165) is 19.6 Å². The summed E-state index contributed by atoms with van der Waals surface area (Å²) in [5, 5.41) is 3.45. The first kappa shape index (κ1) is 10.1. The van der Waals surface area contributed by atoms with E-state index >= 15 is 0 Å². The smallest absolute Gasteiger partial charge is 0.106 e. The molecule has 3 rings (SSSR count). The van der Waals surface area contributed by atoms with Crippen molar-refractivity contribution in [2.24, 2.45) is 0 Å². The number of piperazine rings is 1. The lowest BCUT2D eigenvalue weighted by Gasteiger charge is -2.34. The molecule has 1 fully saturated rings. The van der Waals surface area contributed by atoms with E-state index in [9.17, 15) is 0 Å². The molecule has 2 heterocycles. The maximum atomic E-state index is 5.71. The number of nitrogens with one attached hydrogen (secondary N) is 1. The van der Waals surface area contributed by atoms with Gasteiger partial charge in [0.1, 0.15) is 6.10 Å². The number of anilines is 1. The molecule has 1 aromatic carbocycles. The average Bonchev–Trinajstić information content (AvgIpc) is 2.65. The molecule has 1 saturated heterocycles. The maximum absolute atomic E-state index is 5.71. The molecule has 3 heteroatoms. The van der Waals surface area contributed by atoms with Crippen LogP contribution in [0.4, 0.5) is 5.69 Å². The maximum Gasteiger partial charge on any atom is 0.106 e. The molecule has 2 atom stereocenters. The molecule has 0 amide bonds. The van der Waals surface area contributed by atoms with Gasteiger partial charge in [0.15, 0.2) is 0 Å². The minimum atomic E-state index is 0.226. The highest BCUT2D eigenvalue weighted by molar-refractivity contribution is 5.64. The van der Waals surface area contributed by atoms with Crippen LogP contribution in [0.5, 0.6) is 0 Å². The van der Waals surface area contributed by atoms with Crippen molar-refractivity contribution in [1.29, 1.82) is 0 Å². The predicted octanol–water partition coefficient (Wildman–Crippen LogP) is 1.47. The molecule has 2 aliphatic heterocycles. The highest BCUT2D eigenvalue weighted by atomic mass is 16.5. The Bertz CT molecular complexity index is 405. The number of benzene rings is 1. The lowest BCUT2D eigenvalue weighted by atomic mass is 10.0. The molecule has 0 radical (unpaired) electrons. The fourth-order valence-corrected chi connectivity index (χ4v) is 3.05. The van der Waals surface area contributed by atoms with Crippen LogP contribution < -0.4 is 10.2 Å². The normalized spacial score (nSPS) is 27.8. The van der Waals surface area contributed by atoms with Gasteiger partial charge in [-0.15, -0.1) is 0 Å². The van der Waals surface area contributed by atoms with Crippen LogP contribution in [0.2, 0.25) is 0 Å². The van der Waals surface area contributed by atoms with Crippen LogP contribution in [0.3, 0.4) is 0 Å². The lowest BCUT2D eigenvalue weighted by molar-refractivity contribution is 0.0831. The third-order valence-corrected chi connectivity index (χ3v) is 3.78. The molecular weight excluding hydrogens is 200 g/mol. The summed E-state index contributed by atoms with van der Waals surface area (Å²) >= 11 is 0. The van der Waals surface area contributed by atoms with E-state index in [0.29, 0.717) is 6.04 Å². The van der Waals surface area contributed by atoms with Gasteiger partial charge in [0.25, 0.3) is 0 Å². The highest BCUT2D eigenvalue weighted by Crippen LogP contribution is 2.43. The van der Waals surface area contributed by atoms with Gasteiger partial charge in [-0.05, 0) is 18.6 Å². The minimum absolute atomic E-state index is 0.226. The van der Waals surface area contributed by atoms with E-state index in [1.807, 2.05) is 7.11 Å². The number of hydrogen-bond acceptors (Lipinski definition) is 3. The fourth-order valence-electron chi connectivity index (χ4n) is 3.05. The number of methoxy groups -OCH3 is 1. The van der Waals surface area contributed by atoms with Crippen LogP contribution in [-0.2, 0) is 4.74 Å². The van der Waals surface area contributed by atoms with Crippen LogP contribution in [0, 0.1) is 6.92 Å². The molecule has 0 aliphatic carbocycles. The van der Waals surface area contributed by atoms with Crippen molar-refractivity contribution in [1.82, 2.24) is 5.32 Å². The Hall–Kier alpha value is -1.06. The zero-order valence-electron chi connectivity index (χ0n) is 9.86. The minimum Gasteiger partial charge on any atom is -0.374 e. The van der Waals surface area contributed by atoms with Gasteiger partial charge >= 0.3 is 0 Å². The Morgan fingerprint density at radius 2 is 2.31 bits per heavy atom. The summed E-state index contributed by atoms with van der Waals surface area (Å²) in [7, 11) is 1.82. The van der Waals surface area contributed by atoms with Crippen LogP contribution in [0.15, 0.2) is 18.2 Å². The largest absolute Gasteiger partial charge is 0.374 e. The van der Waals surface area contributed by atoms with Crippen molar-refractivity contribution in [3.63, 3.8) is 0 Å². The second kappa shape index (κ2) is 3.75. The highest BCUT2D eigenvalue weighted by Gasteiger charge is 2.40. The van der Waals surface area contributed by atoms with Crippen LogP contribution >= 0.6 is 0 Å². The first-order valence-corrected chi connectivity index (χ1v) is 5.92. The van der Waals surface area contributed by atoms with E-state index in [-0.39, 0.29) is 6.10 Å². The van der Waals surface area contributed by atoms with Gasteiger partial charge in [-0.3, -0.25) is 0 Å². The summed E-state index contributed by atoms with van der Waals surface area (Å²) < 4.78 is 5.71. The second-order valence-corrected chi connectivity index (χ2v) is 4.63. The summed E-state index contributed by atoms with van der Waals surface area (Å²) in [4.78, 5) is 2.49. The SMILES string of the molecule is COC1c2c(C)cccc2N2CCNCC12. The molecule has 2 aliphatic rings. The van der Waals surface area contributed by atoms with Gasteiger partial charge < -0.3 is 15.0 Å². The van der Waals surface area contributed by atoms with Crippen LogP contribution in [0.25, 0.3) is 0 Å². The van der Waals surface area contributed by atoms with Gasteiger partial charge in [-0.1, -0.05) is 12.1 Å². The Balaban J connectivity index is 2.10. The van der Waals surface area contributed by atoms with Crippen molar-refractivity contribution in [3.05, 3.63) is 29.3 Å². The Morgan fingerprint density at radius 3 is 3.12 bits per heavy atom. The third-order valence-electron chi connectivity index (χ3n) is 3.78. The quantitative estimate of drug-likeness (QED) is 0.772. The summed E-state index contributed by atoms with van der Waals surface area (Å²) in [6, 6.07) is 7.01. The zero-order chi connectivity index (χ0) is 11.1. The van der Waals surface area contributed by atoms with Gasteiger partial charge in [-0.2, -0.15) is 0 Å². The van der Waals surface area contributed by atoms with E-state index in [4.69, 9.17) is 4.74 Å². The van der Waals surface area contributed by atoms with Crippen molar-refractivity contribution in [2.45, 2.75) is 19.1 Å². The fraction of sp³-hybridized carbons (Fsp3) is 0.538. The monoisotopic (exact) mass is 218 g/mol. The number of rotatable bonds is 1. The van der Waals surface area contributed by atoms with Gasteiger partial charge in [0.2, 0.25) is 0 Å². The summed E-state index contributed by atoms with van der Waals surface area (Å²) in [6.07, 6.45) is 0.226. The number of hydrogen-bond donors (Lipinski definition) is 1. The molecule has 86 valence electrons. The van der Waals surface area contributed by atoms with Gasteiger partial charge in [0.05, 0.1) is 6.04 Å². The summed E-state index contributed by atoms with van der Waals surface area (Å²) in [6.45, 7) is 5.35. The molecule has 0 bridgehead atoms. The third kappa shape index (κ3) is 1.28. The summed E-state index contributed by atoms with van der Waals surface area (Å²) in [5.74, 6) is 0. The predicted molar refractivity (Wildman–Crippen MR) is 64.9 cm³/mol. The molecule has 1 aromatic rings. The first-order valence-electron chi connectivity index (χ1n) is 5.92. The zero-order valence-corrected chi connectivity index (χ0v) is 9.86. The van der Waals surface area contributed by atoms with Crippen LogP contribution in [-0.4, -0.2) is 32.8 Å². The summed E-state index contributed by atoms with van der Waals surface area (Å²) in [5.41, 5.74) is 4.11. The molecule has 1 N–H and O–H groups in total. The Morgan fingerprint density at radius 1 is 1.44 bits per heavy atom. The Kier molecular flexibility index (Phi) is 2.37. The number of nitrogens with zero attached hydrogens (tertiary/aromatic N) is 1. The molecule has 0 aromatic heterocycles. The molecule has 0 saturated carbocycles. The van der Waals surface area contributed by atoms with Gasteiger partial charge in [0, 0.05) is 38.0 Å². The average molecular weight is 218 g/mol. The molecule has 16 heavy (non-hydrogen) atoms. The van der Waals surface area contributed by atoms with Crippen LogP contribution in [0.1, 0.15) is 17.2 Å². The van der Waals surface area contributed by atoms with E-state index in [2.05, 4.69) is 35.3 Å². The van der Waals surface area contributed by atoms with E-state index in [1.54, 1.807) is 0 Å². The van der Waals surface area contributed by atoms with E-state index in [1.165, 1.54) is 16.8 Å². The Labute approximate surface area is 96.4 Å². The van der Waals surface area contributed by atoms with Crippen molar-refractivity contribution < 1.29 is 4.74 Å². The van der Waals surface area contributed by atoms with Crippen molar-refractivity contribution in [2.75, 3.05) is 31.6 Å². The van der Waals surface area contributed by atoms with Crippen molar-refractivity contribution in [3.8, 4) is 0 Å². The van der Waals surface area contributed by atoms with Gasteiger partial charge in [-0.25, -0.2) is 0 Å². The number of ether oxygens (including phenoxy) is 1. The lowest BCUT2D eigenvalue weighted by Crippen LogP contribution is -2.51. The van der Waals surface area contributed by atoms with E-state index < -0.39 is 0 Å². The molecule has 2 unspecified atom stereocenters. The standard InChI is InChI=1S/C13H18N2O/c1-9-4-3-5-10-12(9)13(16-2)11-8-14-6-7-15(10)11/h3-5,11,13-14H,6-8H2,1-2H3. The van der Waals surface area contributed by atoms with Crippen molar-refractivity contribution >= 4 is 5.69 Å². The molecule has 3 nitrogen and oxygen atoms in total. The molecular formula is C13H18N2O. The molecule has 0 spiro atoms.